The Hall–Kier alpha value is -0.160. The molecule has 0 bridgehead atoms. The van der Waals surface area contributed by atoms with E-state index in [0.717, 1.165) is 44.4 Å². The summed E-state index contributed by atoms with van der Waals surface area (Å²) >= 11 is 0. The second kappa shape index (κ2) is 7.38. The van der Waals surface area contributed by atoms with E-state index in [1.807, 2.05) is 0 Å². The second-order valence-corrected chi connectivity index (χ2v) is 7.94. The maximum atomic E-state index is 10.4. The van der Waals surface area contributed by atoms with E-state index in [2.05, 4.69) is 13.8 Å². The fourth-order valence-electron chi connectivity index (χ4n) is 5.18. The van der Waals surface area contributed by atoms with Gasteiger partial charge in [0.25, 0.3) is 0 Å². The lowest BCUT2D eigenvalue weighted by Gasteiger charge is -2.49. The Bertz CT molecular complexity index is 376. The molecule has 1 saturated heterocycles. The molecule has 5 unspecified atom stereocenters. The van der Waals surface area contributed by atoms with Gasteiger partial charge in [-0.3, -0.25) is 0 Å². The molecule has 0 radical (unpaired) electrons. The smallest absolute Gasteiger partial charge is 0.171 e. The van der Waals surface area contributed by atoms with Crippen molar-refractivity contribution >= 4 is 0 Å². The molecule has 0 amide bonds. The summed E-state index contributed by atoms with van der Waals surface area (Å²) in [5.41, 5.74) is 0. The van der Waals surface area contributed by atoms with Crippen molar-refractivity contribution in [2.75, 3.05) is 13.2 Å². The molecule has 1 heterocycles. The lowest BCUT2D eigenvalue weighted by Crippen LogP contribution is -2.54. The van der Waals surface area contributed by atoms with E-state index in [9.17, 15) is 10.2 Å². The minimum atomic E-state index is -0.367. The second-order valence-electron chi connectivity index (χ2n) is 7.94. The van der Waals surface area contributed by atoms with Crippen LogP contribution in [-0.4, -0.2) is 41.4 Å². The molecule has 23 heavy (non-hydrogen) atoms. The summed E-state index contributed by atoms with van der Waals surface area (Å²) in [7, 11) is 0. The molecule has 1 spiro atoms. The monoisotopic (exact) mass is 326 g/mol. The number of rotatable bonds is 8. The average Bonchev–Trinajstić information content (AvgIpc) is 3.12. The fraction of sp³-hybridized carbons (Fsp3) is 1.00. The van der Waals surface area contributed by atoms with Crippen molar-refractivity contribution in [3.8, 4) is 0 Å². The van der Waals surface area contributed by atoms with Crippen molar-refractivity contribution in [2.24, 2.45) is 23.7 Å². The highest BCUT2D eigenvalue weighted by atomic mass is 16.7. The zero-order valence-corrected chi connectivity index (χ0v) is 14.7. The molecule has 3 rings (SSSR count). The Morgan fingerprint density at radius 2 is 1.78 bits per heavy atom. The summed E-state index contributed by atoms with van der Waals surface area (Å²) in [6.45, 7) is 5.85. The number of fused-ring (bicyclic) bond motifs is 2. The average molecular weight is 326 g/mol. The molecule has 0 aromatic heterocycles. The first-order chi connectivity index (χ1) is 11.1. The molecule has 3 fully saturated rings. The summed E-state index contributed by atoms with van der Waals surface area (Å²) in [5.74, 6) is 1.59. The number of hydrogen-bond donors (Lipinski definition) is 2. The van der Waals surface area contributed by atoms with Crippen molar-refractivity contribution in [2.45, 2.75) is 83.2 Å². The Morgan fingerprint density at radius 3 is 2.43 bits per heavy atom. The lowest BCUT2D eigenvalue weighted by molar-refractivity contribution is -0.272. The molecule has 134 valence electrons. The van der Waals surface area contributed by atoms with Crippen LogP contribution in [0.15, 0.2) is 0 Å². The molecule has 2 aliphatic carbocycles. The predicted molar refractivity (Wildman–Crippen MR) is 88.9 cm³/mol. The number of ether oxygens (including phenoxy) is 2. The minimum absolute atomic E-state index is 0.213. The number of aliphatic hydroxyl groups excluding tert-OH is 2. The van der Waals surface area contributed by atoms with E-state index in [1.54, 1.807) is 0 Å². The van der Waals surface area contributed by atoms with Gasteiger partial charge in [-0.1, -0.05) is 26.7 Å². The first-order valence-electron chi connectivity index (χ1n) is 9.73. The van der Waals surface area contributed by atoms with Crippen LogP contribution in [0.3, 0.4) is 0 Å². The zero-order valence-electron chi connectivity index (χ0n) is 14.7. The highest BCUT2D eigenvalue weighted by Crippen LogP contribution is 2.60. The van der Waals surface area contributed by atoms with Crippen molar-refractivity contribution in [1.82, 2.24) is 0 Å². The molecule has 1 aliphatic heterocycles. The van der Waals surface area contributed by atoms with Gasteiger partial charge in [-0.2, -0.15) is 0 Å². The SMILES string of the molecule is CCC(CC)CCC(O)CCC1C(O)CC2C1CC21OCCO1. The largest absolute Gasteiger partial charge is 0.393 e. The van der Waals surface area contributed by atoms with Gasteiger partial charge >= 0.3 is 0 Å². The van der Waals surface area contributed by atoms with E-state index >= 15 is 0 Å². The summed E-state index contributed by atoms with van der Waals surface area (Å²) in [6.07, 6.45) is 7.47. The van der Waals surface area contributed by atoms with Crippen molar-refractivity contribution < 1.29 is 19.7 Å². The molecule has 5 atom stereocenters. The van der Waals surface area contributed by atoms with Crippen LogP contribution in [0, 0.1) is 23.7 Å². The highest BCUT2D eigenvalue weighted by Gasteiger charge is 2.64. The van der Waals surface area contributed by atoms with Crippen molar-refractivity contribution in [3.63, 3.8) is 0 Å². The standard InChI is InChI=1S/C19H34O4/c1-3-13(4-2)5-6-14(20)7-8-15-16-12-19(22-9-10-23-19)17(16)11-18(15)21/h13-18,20-21H,3-12H2,1-2H3. The summed E-state index contributed by atoms with van der Waals surface area (Å²) in [5, 5.41) is 20.7. The van der Waals surface area contributed by atoms with E-state index < -0.39 is 0 Å². The maximum absolute atomic E-state index is 10.4. The zero-order chi connectivity index (χ0) is 16.4. The van der Waals surface area contributed by atoms with Crippen LogP contribution in [0.2, 0.25) is 0 Å². The quantitative estimate of drug-likeness (QED) is 0.719. The molecule has 2 saturated carbocycles. The highest BCUT2D eigenvalue weighted by molar-refractivity contribution is 5.08. The Morgan fingerprint density at radius 1 is 1.09 bits per heavy atom. The van der Waals surface area contributed by atoms with E-state index in [4.69, 9.17) is 9.47 Å². The van der Waals surface area contributed by atoms with Crippen LogP contribution in [-0.2, 0) is 9.47 Å². The molecule has 2 N–H and O–H groups in total. The first kappa shape index (κ1) is 17.7. The molecule has 0 aromatic rings. The lowest BCUT2D eigenvalue weighted by atomic mass is 9.66. The summed E-state index contributed by atoms with van der Waals surface area (Å²) < 4.78 is 11.6. The van der Waals surface area contributed by atoms with Gasteiger partial charge < -0.3 is 19.7 Å². The van der Waals surface area contributed by atoms with Gasteiger partial charge in [0.05, 0.1) is 25.4 Å². The van der Waals surface area contributed by atoms with Crippen LogP contribution in [0.4, 0.5) is 0 Å². The van der Waals surface area contributed by atoms with Crippen LogP contribution >= 0.6 is 0 Å². The summed E-state index contributed by atoms with van der Waals surface area (Å²) in [4.78, 5) is 0. The molecule has 4 heteroatoms. The molecular formula is C19H34O4. The topological polar surface area (TPSA) is 58.9 Å². The number of hydrogen-bond acceptors (Lipinski definition) is 4. The molecule has 3 aliphatic rings. The number of aliphatic hydroxyl groups is 2. The van der Waals surface area contributed by atoms with Gasteiger partial charge in [0.15, 0.2) is 5.79 Å². The van der Waals surface area contributed by atoms with Crippen LogP contribution < -0.4 is 0 Å². The van der Waals surface area contributed by atoms with Gasteiger partial charge in [0.1, 0.15) is 0 Å². The van der Waals surface area contributed by atoms with Gasteiger partial charge in [0.2, 0.25) is 0 Å². The van der Waals surface area contributed by atoms with Crippen LogP contribution in [0.1, 0.15) is 65.2 Å². The Labute approximate surface area is 140 Å². The molecule has 0 aromatic carbocycles. The third-order valence-electron chi connectivity index (χ3n) is 6.81. The van der Waals surface area contributed by atoms with Gasteiger partial charge in [-0.25, -0.2) is 0 Å². The Kier molecular flexibility index (Phi) is 5.67. The van der Waals surface area contributed by atoms with E-state index in [1.165, 1.54) is 12.8 Å². The van der Waals surface area contributed by atoms with E-state index in [0.29, 0.717) is 31.0 Å². The van der Waals surface area contributed by atoms with E-state index in [-0.39, 0.29) is 18.0 Å². The predicted octanol–water partition coefficient (Wildman–Crippen LogP) is 3.10. The third-order valence-corrected chi connectivity index (χ3v) is 6.81. The fourth-order valence-corrected chi connectivity index (χ4v) is 5.18. The van der Waals surface area contributed by atoms with Crippen molar-refractivity contribution in [3.05, 3.63) is 0 Å². The van der Waals surface area contributed by atoms with Gasteiger partial charge in [-0.05, 0) is 49.9 Å². The third kappa shape index (κ3) is 3.46. The maximum Gasteiger partial charge on any atom is 0.171 e. The normalized spacial score (nSPS) is 36.4. The molecular weight excluding hydrogens is 292 g/mol. The van der Waals surface area contributed by atoms with Crippen LogP contribution in [0.5, 0.6) is 0 Å². The Balaban J connectivity index is 1.42. The van der Waals surface area contributed by atoms with Crippen molar-refractivity contribution in [1.29, 1.82) is 0 Å². The first-order valence-corrected chi connectivity index (χ1v) is 9.73. The molecule has 4 nitrogen and oxygen atoms in total. The van der Waals surface area contributed by atoms with Gasteiger partial charge in [0, 0.05) is 12.3 Å². The van der Waals surface area contributed by atoms with Gasteiger partial charge in [-0.15, -0.1) is 0 Å². The minimum Gasteiger partial charge on any atom is -0.393 e. The van der Waals surface area contributed by atoms with Crippen LogP contribution in [0.25, 0.3) is 0 Å². The summed E-state index contributed by atoms with van der Waals surface area (Å²) in [6, 6.07) is 0.